The van der Waals surface area contributed by atoms with Crippen LogP contribution in [0.25, 0.3) is 10.9 Å². The number of carbonyl (C=O) groups is 3. The Hall–Kier alpha value is -5.63. The Bertz CT molecular complexity index is 2200. The second-order valence-corrected chi connectivity index (χ2v) is 15.2. The van der Waals surface area contributed by atoms with Crippen molar-refractivity contribution in [3.05, 3.63) is 135 Å². The number of rotatable bonds is 17. The highest BCUT2D eigenvalue weighted by atomic mass is 35.5. The van der Waals surface area contributed by atoms with Gasteiger partial charge in [0.05, 0.1) is 12.1 Å². The Balaban J connectivity index is 1.23. The molecule has 0 bridgehead atoms. The number of hydrogen-bond acceptors (Lipinski definition) is 5. The summed E-state index contributed by atoms with van der Waals surface area (Å²) in [4.78, 5) is 48.9. The molecule has 1 saturated heterocycles. The van der Waals surface area contributed by atoms with Crippen molar-refractivity contribution in [2.45, 2.75) is 57.9 Å². The highest BCUT2D eigenvalue weighted by Crippen LogP contribution is 2.31. The normalized spacial score (nSPS) is 13.2. The predicted molar refractivity (Wildman–Crippen MR) is 228 cm³/mol. The molecule has 4 amide bonds. The number of nitrogens with one attached hydrogen (secondary N) is 3. The van der Waals surface area contributed by atoms with Gasteiger partial charge in [0.25, 0.3) is 0 Å². The van der Waals surface area contributed by atoms with Crippen molar-refractivity contribution in [3.63, 3.8) is 0 Å². The fourth-order valence-corrected chi connectivity index (χ4v) is 7.56. The average Bonchev–Trinajstić information content (AvgIpc) is 3.85. The molecule has 1 aliphatic heterocycles. The van der Waals surface area contributed by atoms with E-state index in [1.807, 2.05) is 66.7 Å². The van der Waals surface area contributed by atoms with Crippen LogP contribution in [0.4, 0.5) is 14.9 Å². The topological polar surface area (TPSA) is 163 Å². The molecule has 0 aliphatic carbocycles. The summed E-state index contributed by atoms with van der Waals surface area (Å²) in [5.41, 5.74) is 15.8. The Morgan fingerprint density at radius 2 is 1.60 bits per heavy atom. The molecule has 5 aromatic rings. The van der Waals surface area contributed by atoms with E-state index in [0.717, 1.165) is 60.1 Å². The number of benzene rings is 4. The van der Waals surface area contributed by atoms with E-state index in [1.165, 1.54) is 17.0 Å². The van der Waals surface area contributed by atoms with Gasteiger partial charge in [-0.3, -0.25) is 19.5 Å². The van der Waals surface area contributed by atoms with E-state index in [-0.39, 0.29) is 32.0 Å². The lowest BCUT2D eigenvalue weighted by atomic mass is 10.1. The Labute approximate surface area is 347 Å². The van der Waals surface area contributed by atoms with E-state index >= 15 is 0 Å². The number of halogens is 3. The summed E-state index contributed by atoms with van der Waals surface area (Å²) >= 11 is 13.2. The summed E-state index contributed by atoms with van der Waals surface area (Å²) in [6.07, 6.45) is 5.10. The van der Waals surface area contributed by atoms with Crippen LogP contribution in [0.3, 0.4) is 0 Å². The summed E-state index contributed by atoms with van der Waals surface area (Å²) in [5, 5.41) is 10.8. The van der Waals surface area contributed by atoms with Crippen LogP contribution < -0.4 is 27.4 Å². The highest BCUT2D eigenvalue weighted by molar-refractivity contribution is 6.36. The summed E-state index contributed by atoms with van der Waals surface area (Å²) in [6, 6.07) is 24.7. The molecule has 2 heterocycles. The summed E-state index contributed by atoms with van der Waals surface area (Å²) < 4.78 is 16.0. The predicted octanol–water partition coefficient (Wildman–Crippen LogP) is 6.62. The fourth-order valence-electron chi connectivity index (χ4n) is 7.04. The van der Waals surface area contributed by atoms with Crippen molar-refractivity contribution in [3.8, 4) is 0 Å². The molecular formula is C43H48Cl2FN9O3. The molecule has 7 N–H and O–H groups in total. The minimum absolute atomic E-state index is 0.0154. The number of fused-ring (bicyclic) bond motifs is 1. The van der Waals surface area contributed by atoms with Crippen molar-refractivity contribution in [2.24, 2.45) is 16.5 Å². The minimum atomic E-state index is -0.933. The van der Waals surface area contributed by atoms with Crippen molar-refractivity contribution < 1.29 is 18.8 Å². The monoisotopic (exact) mass is 827 g/mol. The lowest BCUT2D eigenvalue weighted by Crippen LogP contribution is -2.50. The number of aliphatic imine (C=N–C) groups is 1. The lowest BCUT2D eigenvalue weighted by molar-refractivity contribution is -0.129. The first-order valence-electron chi connectivity index (χ1n) is 19.3. The van der Waals surface area contributed by atoms with Crippen LogP contribution in [0.5, 0.6) is 0 Å². The van der Waals surface area contributed by atoms with Gasteiger partial charge in [-0.05, 0) is 91.9 Å². The maximum atomic E-state index is 14.1. The van der Waals surface area contributed by atoms with Gasteiger partial charge in [0.2, 0.25) is 11.8 Å². The second-order valence-electron chi connectivity index (χ2n) is 14.4. The van der Waals surface area contributed by atoms with E-state index in [0.29, 0.717) is 34.3 Å². The molecule has 6 rings (SSSR count). The van der Waals surface area contributed by atoms with Crippen LogP contribution >= 0.6 is 23.2 Å². The van der Waals surface area contributed by atoms with Gasteiger partial charge >= 0.3 is 6.03 Å². The van der Waals surface area contributed by atoms with Crippen LogP contribution in [0, 0.1) is 5.82 Å². The zero-order valence-electron chi connectivity index (χ0n) is 32.1. The number of anilines is 1. The number of carbonyl (C=O) groups excluding carboxylic acids is 3. The smallest absolute Gasteiger partial charge is 0.322 e. The third-order valence-electron chi connectivity index (χ3n) is 10.0. The van der Waals surface area contributed by atoms with Gasteiger partial charge in [-0.1, -0.05) is 77.8 Å². The quantitative estimate of drug-likeness (QED) is 0.0402. The SMILES string of the molecule is NC(N)=NCCC[C@H](NC(=O)CN(Cc1ccc(F)cc1)C(=O)Nc1ccc2c(CN3CCCC3)cn(Cc3c(Cl)cccc3Cl)c2c1)C(=O)NCc1ccccc1. The first-order valence-corrected chi connectivity index (χ1v) is 20.0. The summed E-state index contributed by atoms with van der Waals surface area (Å²) in [5.74, 6) is -1.46. The van der Waals surface area contributed by atoms with Gasteiger partial charge in [-0.2, -0.15) is 0 Å². The molecule has 0 spiro atoms. The van der Waals surface area contributed by atoms with E-state index in [9.17, 15) is 18.8 Å². The molecule has 0 saturated carbocycles. The Kier molecular flexibility index (Phi) is 14.6. The largest absolute Gasteiger partial charge is 0.370 e. The van der Waals surface area contributed by atoms with Gasteiger partial charge < -0.3 is 36.9 Å². The van der Waals surface area contributed by atoms with Gasteiger partial charge in [0, 0.05) is 59.1 Å². The molecule has 1 aliphatic rings. The standard InChI is InChI=1S/C43H48Cl2FN9O3/c44-36-10-6-11-37(45)35(36)27-54-26-31(25-53-20-4-5-21-53)34-18-17-33(22-39(34)54)51-43(58)55(24-30-13-15-32(46)16-14-30)28-40(56)52-38(12-7-19-49-42(47)48)41(57)50-23-29-8-2-1-3-9-29/h1-3,6,8-11,13-18,22,26,38H,4-5,7,12,19-21,23-25,27-28H2,(H,50,57)(H,51,58)(H,52,56)(H4,47,48,49)/t38-/m0/s1. The average molecular weight is 829 g/mol. The van der Waals surface area contributed by atoms with Crippen LogP contribution in [-0.4, -0.2) is 70.4 Å². The molecule has 0 radical (unpaired) electrons. The molecule has 1 fully saturated rings. The molecule has 304 valence electrons. The molecule has 1 aromatic heterocycles. The molecule has 15 heteroatoms. The van der Waals surface area contributed by atoms with Crippen molar-refractivity contribution in [1.29, 1.82) is 0 Å². The minimum Gasteiger partial charge on any atom is -0.370 e. The van der Waals surface area contributed by atoms with Crippen LogP contribution in [-0.2, 0) is 35.8 Å². The van der Waals surface area contributed by atoms with E-state index in [1.54, 1.807) is 12.1 Å². The Morgan fingerprint density at radius 1 is 0.879 bits per heavy atom. The van der Waals surface area contributed by atoms with E-state index in [2.05, 4.69) is 36.6 Å². The van der Waals surface area contributed by atoms with Crippen molar-refractivity contribution in [1.82, 2.24) is 25.0 Å². The van der Waals surface area contributed by atoms with Crippen LogP contribution in [0.15, 0.2) is 102 Å². The van der Waals surface area contributed by atoms with Gasteiger partial charge in [-0.15, -0.1) is 0 Å². The van der Waals surface area contributed by atoms with Gasteiger partial charge in [0.1, 0.15) is 18.4 Å². The zero-order chi connectivity index (χ0) is 41.0. The fraction of sp³-hybridized carbons (Fsp3) is 0.302. The van der Waals surface area contributed by atoms with Crippen molar-refractivity contribution in [2.75, 3.05) is 31.5 Å². The first kappa shape index (κ1) is 42.0. The number of amides is 4. The summed E-state index contributed by atoms with van der Waals surface area (Å²) in [6.45, 7) is 3.37. The maximum Gasteiger partial charge on any atom is 0.322 e. The molecule has 1 atom stereocenters. The van der Waals surface area contributed by atoms with Crippen LogP contribution in [0.2, 0.25) is 10.0 Å². The zero-order valence-corrected chi connectivity index (χ0v) is 33.6. The molecule has 4 aromatic carbocycles. The lowest BCUT2D eigenvalue weighted by Gasteiger charge is -2.25. The second kappa shape index (κ2) is 20.2. The van der Waals surface area contributed by atoms with E-state index in [4.69, 9.17) is 34.7 Å². The molecule has 58 heavy (non-hydrogen) atoms. The van der Waals surface area contributed by atoms with Crippen molar-refractivity contribution >= 4 is 63.6 Å². The number of guanidine groups is 1. The molecular weight excluding hydrogens is 780 g/mol. The molecule has 0 unspecified atom stereocenters. The number of nitrogens with zero attached hydrogens (tertiary/aromatic N) is 4. The highest BCUT2D eigenvalue weighted by Gasteiger charge is 2.25. The number of nitrogens with two attached hydrogens (primary N) is 2. The number of aromatic nitrogens is 1. The van der Waals surface area contributed by atoms with Gasteiger partial charge in [-0.25, -0.2) is 9.18 Å². The maximum absolute atomic E-state index is 14.1. The van der Waals surface area contributed by atoms with E-state index < -0.39 is 36.2 Å². The number of urea groups is 1. The first-order chi connectivity index (χ1) is 28.0. The number of hydrogen-bond donors (Lipinski definition) is 5. The Morgan fingerprint density at radius 3 is 2.31 bits per heavy atom. The van der Waals surface area contributed by atoms with Crippen LogP contribution in [0.1, 0.15) is 47.9 Å². The molecule has 12 nitrogen and oxygen atoms in total. The third kappa shape index (κ3) is 11.7. The third-order valence-corrected chi connectivity index (χ3v) is 10.7. The number of likely N-dealkylation sites (tertiary alicyclic amines) is 1. The summed E-state index contributed by atoms with van der Waals surface area (Å²) in [7, 11) is 0. The van der Waals surface area contributed by atoms with Gasteiger partial charge in [0.15, 0.2) is 5.96 Å².